The molecule has 96 valence electrons. The van der Waals surface area contributed by atoms with Gasteiger partial charge in [-0.25, -0.2) is 0 Å². The van der Waals surface area contributed by atoms with Gasteiger partial charge < -0.3 is 5.32 Å². The van der Waals surface area contributed by atoms with Gasteiger partial charge in [0, 0.05) is 6.04 Å². The third-order valence-corrected chi connectivity index (χ3v) is 3.05. The lowest BCUT2D eigenvalue weighted by atomic mass is 9.98. The van der Waals surface area contributed by atoms with Gasteiger partial charge in [-0.3, -0.25) is 0 Å². The topological polar surface area (TPSA) is 12.0 Å². The lowest BCUT2D eigenvalue weighted by molar-refractivity contribution is 0.530. The molecule has 0 radical (unpaired) electrons. The Morgan fingerprint density at radius 1 is 1.12 bits per heavy atom. The van der Waals surface area contributed by atoms with Crippen molar-refractivity contribution in [2.75, 3.05) is 6.54 Å². The summed E-state index contributed by atoms with van der Waals surface area (Å²) in [7, 11) is 0. The average molecular weight is 233 g/mol. The molecule has 0 aromatic heterocycles. The van der Waals surface area contributed by atoms with Crippen molar-refractivity contribution >= 4 is 0 Å². The monoisotopic (exact) mass is 233 g/mol. The summed E-state index contributed by atoms with van der Waals surface area (Å²) in [5.41, 5.74) is 2.96. The van der Waals surface area contributed by atoms with Crippen LogP contribution < -0.4 is 5.32 Å². The smallest absolute Gasteiger partial charge is 0.00417 e. The van der Waals surface area contributed by atoms with Gasteiger partial charge in [0.1, 0.15) is 0 Å². The molecule has 1 N–H and O–H groups in total. The Balaban J connectivity index is 2.48. The zero-order valence-corrected chi connectivity index (χ0v) is 11.8. The minimum absolute atomic E-state index is 0.619. The molecule has 17 heavy (non-hydrogen) atoms. The molecule has 1 unspecified atom stereocenters. The van der Waals surface area contributed by atoms with Gasteiger partial charge in [0.25, 0.3) is 0 Å². The Kier molecular flexibility index (Phi) is 6.28. The van der Waals surface area contributed by atoms with Gasteiger partial charge in [-0.15, -0.1) is 0 Å². The Bertz CT molecular complexity index is 317. The van der Waals surface area contributed by atoms with E-state index in [2.05, 4.69) is 57.3 Å². The molecule has 0 fully saturated rings. The summed E-state index contributed by atoms with van der Waals surface area (Å²) in [6.07, 6.45) is 3.59. The summed E-state index contributed by atoms with van der Waals surface area (Å²) in [4.78, 5) is 0. The van der Waals surface area contributed by atoms with E-state index in [1.54, 1.807) is 0 Å². The van der Waals surface area contributed by atoms with Gasteiger partial charge in [-0.2, -0.15) is 0 Å². The van der Waals surface area contributed by atoms with Crippen LogP contribution in [0.1, 0.15) is 45.2 Å². The summed E-state index contributed by atoms with van der Waals surface area (Å²) in [5.74, 6) is 0.742. The molecule has 1 aromatic carbocycles. The normalized spacial score (nSPS) is 13.0. The highest BCUT2D eigenvalue weighted by Crippen LogP contribution is 2.12. The highest BCUT2D eigenvalue weighted by Gasteiger charge is 2.02. The molecular weight excluding hydrogens is 206 g/mol. The summed E-state index contributed by atoms with van der Waals surface area (Å²) < 4.78 is 0. The van der Waals surface area contributed by atoms with E-state index < -0.39 is 0 Å². The van der Waals surface area contributed by atoms with E-state index in [9.17, 15) is 0 Å². The fraction of sp³-hybridized carbons (Fsp3) is 0.625. The molecule has 0 heterocycles. The van der Waals surface area contributed by atoms with Crippen molar-refractivity contribution in [3.63, 3.8) is 0 Å². The Morgan fingerprint density at radius 3 is 2.47 bits per heavy atom. The first-order valence-corrected chi connectivity index (χ1v) is 6.93. The van der Waals surface area contributed by atoms with Crippen molar-refractivity contribution in [3.8, 4) is 0 Å². The van der Waals surface area contributed by atoms with E-state index >= 15 is 0 Å². The molecule has 0 amide bonds. The quantitative estimate of drug-likeness (QED) is 0.755. The lowest BCUT2D eigenvalue weighted by Crippen LogP contribution is -2.25. The molecule has 0 aliphatic carbocycles. The second-order valence-electron chi connectivity index (χ2n) is 5.42. The largest absolute Gasteiger partial charge is 0.315 e. The third kappa shape index (κ3) is 5.88. The molecular formula is C16H27N. The first-order valence-electron chi connectivity index (χ1n) is 6.93. The molecule has 0 spiro atoms. The minimum Gasteiger partial charge on any atom is -0.315 e. The first-order chi connectivity index (χ1) is 8.11. The van der Waals surface area contributed by atoms with Gasteiger partial charge >= 0.3 is 0 Å². The molecule has 0 saturated carbocycles. The molecule has 0 aliphatic heterocycles. The van der Waals surface area contributed by atoms with Crippen molar-refractivity contribution in [3.05, 3.63) is 35.4 Å². The second kappa shape index (κ2) is 7.50. The van der Waals surface area contributed by atoms with Crippen molar-refractivity contribution < 1.29 is 0 Å². The van der Waals surface area contributed by atoms with Gasteiger partial charge in [-0.05, 0) is 49.8 Å². The van der Waals surface area contributed by atoms with Crippen LogP contribution in [0.3, 0.4) is 0 Å². The predicted molar refractivity (Wildman–Crippen MR) is 76.4 cm³/mol. The molecule has 1 heteroatoms. The third-order valence-electron chi connectivity index (χ3n) is 3.05. The van der Waals surface area contributed by atoms with E-state index in [-0.39, 0.29) is 0 Å². The maximum atomic E-state index is 3.46. The number of hydrogen-bond acceptors (Lipinski definition) is 1. The van der Waals surface area contributed by atoms with Crippen LogP contribution in [0.5, 0.6) is 0 Å². The summed E-state index contributed by atoms with van der Waals surface area (Å²) in [5, 5.41) is 3.46. The summed E-state index contributed by atoms with van der Waals surface area (Å²) >= 11 is 0. The van der Waals surface area contributed by atoms with Gasteiger partial charge in [0.05, 0.1) is 0 Å². The number of hydrogen-bond donors (Lipinski definition) is 1. The minimum atomic E-state index is 0.619. The van der Waals surface area contributed by atoms with Crippen molar-refractivity contribution in [2.24, 2.45) is 5.92 Å². The van der Waals surface area contributed by atoms with Crippen LogP contribution in [-0.2, 0) is 12.8 Å². The van der Waals surface area contributed by atoms with Gasteiger partial charge in [-0.1, -0.05) is 45.0 Å². The number of rotatable bonds is 7. The maximum Gasteiger partial charge on any atom is 0.00417 e. The zero-order valence-electron chi connectivity index (χ0n) is 11.8. The number of nitrogens with one attached hydrogen (secondary N) is 1. The molecule has 1 atom stereocenters. The van der Waals surface area contributed by atoms with Gasteiger partial charge in [0.15, 0.2) is 0 Å². The fourth-order valence-electron chi connectivity index (χ4n) is 2.22. The average Bonchev–Trinajstić information content (AvgIpc) is 2.26. The van der Waals surface area contributed by atoms with Crippen LogP contribution in [-0.4, -0.2) is 12.6 Å². The Labute approximate surface area is 107 Å². The van der Waals surface area contributed by atoms with Gasteiger partial charge in [0.2, 0.25) is 0 Å². The molecule has 0 saturated heterocycles. The zero-order chi connectivity index (χ0) is 12.7. The summed E-state index contributed by atoms with van der Waals surface area (Å²) in [6.45, 7) is 10.1. The molecule has 0 aliphatic rings. The van der Waals surface area contributed by atoms with Crippen LogP contribution >= 0.6 is 0 Å². The van der Waals surface area contributed by atoms with E-state index in [0.29, 0.717) is 6.04 Å². The molecule has 0 bridgehead atoms. The lowest BCUT2D eigenvalue weighted by Gasteiger charge is -2.12. The van der Waals surface area contributed by atoms with Crippen molar-refractivity contribution in [2.45, 2.75) is 53.0 Å². The summed E-state index contributed by atoms with van der Waals surface area (Å²) in [6, 6.07) is 9.69. The fourth-order valence-corrected chi connectivity index (χ4v) is 2.22. The Hall–Kier alpha value is -0.820. The number of aryl methyl sites for hydroxylation is 1. The highest BCUT2D eigenvalue weighted by molar-refractivity contribution is 5.24. The van der Waals surface area contributed by atoms with E-state index in [1.165, 1.54) is 30.4 Å². The standard InChI is InChI=1S/C16H27N/c1-5-17-14(4)9-10-15-7-6-8-16(12-15)11-13(2)3/h6-8,12-14,17H,5,9-11H2,1-4H3. The second-order valence-corrected chi connectivity index (χ2v) is 5.42. The van der Waals surface area contributed by atoms with Crippen LogP contribution in [0.25, 0.3) is 0 Å². The van der Waals surface area contributed by atoms with Crippen LogP contribution in [0.4, 0.5) is 0 Å². The SMILES string of the molecule is CCNC(C)CCc1cccc(CC(C)C)c1. The van der Waals surface area contributed by atoms with E-state index in [1.807, 2.05) is 0 Å². The highest BCUT2D eigenvalue weighted by atomic mass is 14.9. The van der Waals surface area contributed by atoms with E-state index in [0.717, 1.165) is 12.5 Å². The Morgan fingerprint density at radius 2 is 1.82 bits per heavy atom. The maximum absolute atomic E-state index is 3.46. The van der Waals surface area contributed by atoms with Crippen LogP contribution in [0.2, 0.25) is 0 Å². The molecule has 1 rings (SSSR count). The predicted octanol–water partition coefficient (Wildman–Crippen LogP) is 3.82. The number of benzene rings is 1. The molecule has 1 aromatic rings. The van der Waals surface area contributed by atoms with Crippen molar-refractivity contribution in [1.29, 1.82) is 0 Å². The molecule has 1 nitrogen and oxygen atoms in total. The van der Waals surface area contributed by atoms with Crippen LogP contribution in [0.15, 0.2) is 24.3 Å². The first kappa shape index (κ1) is 14.2. The van der Waals surface area contributed by atoms with E-state index in [4.69, 9.17) is 0 Å². The van der Waals surface area contributed by atoms with Crippen LogP contribution in [0, 0.1) is 5.92 Å². The van der Waals surface area contributed by atoms with Crippen molar-refractivity contribution in [1.82, 2.24) is 5.32 Å².